The van der Waals surface area contributed by atoms with Gasteiger partial charge in [0.15, 0.2) is 0 Å². The predicted octanol–water partition coefficient (Wildman–Crippen LogP) is 5.20. The quantitative estimate of drug-likeness (QED) is 0.785. The normalized spacial score (nSPS) is 10.8. The van der Waals surface area contributed by atoms with Crippen molar-refractivity contribution in [3.8, 4) is 0 Å². The fourth-order valence-electron chi connectivity index (χ4n) is 3.22. The number of nitrogens with zero attached hydrogens (tertiary/aromatic N) is 1. The van der Waals surface area contributed by atoms with Gasteiger partial charge in [0.1, 0.15) is 0 Å². The molecule has 0 heterocycles. The molecular formula is C22H30N2O. The van der Waals surface area contributed by atoms with E-state index >= 15 is 0 Å². The maximum Gasteiger partial charge on any atom is 0.243 e. The number of carbonyl (C=O) groups excluding carboxylic acids is 1. The van der Waals surface area contributed by atoms with Gasteiger partial charge in [0.25, 0.3) is 0 Å². The first-order valence-corrected chi connectivity index (χ1v) is 9.05. The molecule has 0 radical (unpaired) electrons. The third kappa shape index (κ3) is 4.62. The Labute approximate surface area is 152 Å². The summed E-state index contributed by atoms with van der Waals surface area (Å²) in [5.41, 5.74) is 6.81. The van der Waals surface area contributed by atoms with Crippen molar-refractivity contribution < 1.29 is 4.79 Å². The predicted molar refractivity (Wildman–Crippen MR) is 108 cm³/mol. The van der Waals surface area contributed by atoms with Crippen molar-refractivity contribution in [1.29, 1.82) is 0 Å². The molecular weight excluding hydrogens is 308 g/mol. The van der Waals surface area contributed by atoms with E-state index in [9.17, 15) is 4.79 Å². The molecule has 0 saturated carbocycles. The number of hydrogen-bond donors (Lipinski definition) is 1. The Morgan fingerprint density at radius 1 is 1.08 bits per heavy atom. The lowest BCUT2D eigenvalue weighted by atomic mass is 9.98. The molecule has 2 rings (SSSR count). The third-order valence-electron chi connectivity index (χ3n) is 4.60. The van der Waals surface area contributed by atoms with Crippen LogP contribution in [0.25, 0.3) is 0 Å². The van der Waals surface area contributed by atoms with Crippen LogP contribution in [0.3, 0.4) is 0 Å². The van der Waals surface area contributed by atoms with Gasteiger partial charge >= 0.3 is 0 Å². The molecule has 0 saturated heterocycles. The van der Waals surface area contributed by atoms with Gasteiger partial charge in [-0.05, 0) is 56.4 Å². The highest BCUT2D eigenvalue weighted by molar-refractivity contribution is 5.95. The van der Waals surface area contributed by atoms with Crippen molar-refractivity contribution in [3.63, 3.8) is 0 Å². The summed E-state index contributed by atoms with van der Waals surface area (Å²) in [4.78, 5) is 14.8. The van der Waals surface area contributed by atoms with Crippen molar-refractivity contribution in [1.82, 2.24) is 0 Å². The SMILES string of the molecule is CCN(CC(=O)Nc1c(C)cccc1C(C)C)c1ccc(C)cc1C. The summed E-state index contributed by atoms with van der Waals surface area (Å²) in [5.74, 6) is 0.398. The Balaban J connectivity index is 2.19. The van der Waals surface area contributed by atoms with Gasteiger partial charge in [-0.25, -0.2) is 0 Å². The lowest BCUT2D eigenvalue weighted by Crippen LogP contribution is -2.34. The van der Waals surface area contributed by atoms with Crippen LogP contribution >= 0.6 is 0 Å². The maximum atomic E-state index is 12.7. The number of aryl methyl sites for hydroxylation is 3. The molecule has 3 nitrogen and oxygen atoms in total. The summed E-state index contributed by atoms with van der Waals surface area (Å²) in [6.45, 7) is 13.8. The number of anilines is 2. The minimum absolute atomic E-state index is 0.0259. The average molecular weight is 338 g/mol. The van der Waals surface area contributed by atoms with Crippen LogP contribution in [-0.4, -0.2) is 19.0 Å². The van der Waals surface area contributed by atoms with Crippen LogP contribution in [0.4, 0.5) is 11.4 Å². The molecule has 1 N–H and O–H groups in total. The first-order valence-electron chi connectivity index (χ1n) is 9.05. The van der Waals surface area contributed by atoms with E-state index in [1.807, 2.05) is 19.1 Å². The molecule has 0 aliphatic heterocycles. The molecule has 25 heavy (non-hydrogen) atoms. The number of para-hydroxylation sites is 1. The second-order valence-electron chi connectivity index (χ2n) is 7.05. The van der Waals surface area contributed by atoms with Crippen LogP contribution in [-0.2, 0) is 4.79 Å². The molecule has 1 amide bonds. The van der Waals surface area contributed by atoms with Gasteiger partial charge in [-0.15, -0.1) is 0 Å². The summed E-state index contributed by atoms with van der Waals surface area (Å²) in [5, 5.41) is 3.14. The number of benzene rings is 2. The molecule has 0 unspecified atom stereocenters. The summed E-state index contributed by atoms with van der Waals surface area (Å²) in [7, 11) is 0. The van der Waals surface area contributed by atoms with Crippen LogP contribution in [0.1, 0.15) is 48.9 Å². The first kappa shape index (κ1) is 19.0. The van der Waals surface area contributed by atoms with Gasteiger partial charge < -0.3 is 10.2 Å². The van der Waals surface area contributed by atoms with E-state index in [-0.39, 0.29) is 5.91 Å². The van der Waals surface area contributed by atoms with E-state index in [0.29, 0.717) is 12.5 Å². The molecule has 0 atom stereocenters. The highest BCUT2D eigenvalue weighted by Gasteiger charge is 2.15. The van der Waals surface area contributed by atoms with Crippen molar-refractivity contribution in [3.05, 3.63) is 58.7 Å². The Hall–Kier alpha value is -2.29. The van der Waals surface area contributed by atoms with E-state index in [1.54, 1.807) is 0 Å². The van der Waals surface area contributed by atoms with Gasteiger partial charge in [0.05, 0.1) is 6.54 Å². The zero-order valence-electron chi connectivity index (χ0n) is 16.3. The van der Waals surface area contributed by atoms with Gasteiger partial charge in [-0.3, -0.25) is 4.79 Å². The smallest absolute Gasteiger partial charge is 0.243 e. The van der Waals surface area contributed by atoms with Crippen LogP contribution in [0.5, 0.6) is 0 Å². The largest absolute Gasteiger partial charge is 0.362 e. The molecule has 0 aliphatic rings. The molecule has 0 aliphatic carbocycles. The number of amides is 1. The van der Waals surface area contributed by atoms with E-state index in [2.05, 4.69) is 69.1 Å². The van der Waals surface area contributed by atoms with Crippen molar-refractivity contribution >= 4 is 17.3 Å². The first-order chi connectivity index (χ1) is 11.8. The summed E-state index contributed by atoms with van der Waals surface area (Å²) < 4.78 is 0. The second kappa shape index (κ2) is 8.19. The molecule has 0 aromatic heterocycles. The van der Waals surface area contributed by atoms with E-state index in [4.69, 9.17) is 0 Å². The molecule has 134 valence electrons. The Morgan fingerprint density at radius 2 is 1.80 bits per heavy atom. The second-order valence-corrected chi connectivity index (χ2v) is 7.05. The molecule has 2 aromatic carbocycles. The molecule has 3 heteroatoms. The van der Waals surface area contributed by atoms with Crippen LogP contribution in [0.2, 0.25) is 0 Å². The van der Waals surface area contributed by atoms with Gasteiger partial charge in [0.2, 0.25) is 5.91 Å². The highest BCUT2D eigenvalue weighted by atomic mass is 16.2. The monoisotopic (exact) mass is 338 g/mol. The molecule has 0 spiro atoms. The van der Waals surface area contributed by atoms with E-state index in [1.165, 1.54) is 16.7 Å². The molecule has 0 fully saturated rings. The number of nitrogens with one attached hydrogen (secondary N) is 1. The van der Waals surface area contributed by atoms with Crippen molar-refractivity contribution in [2.24, 2.45) is 0 Å². The summed E-state index contributed by atoms with van der Waals surface area (Å²) >= 11 is 0. The molecule has 0 bridgehead atoms. The average Bonchev–Trinajstić information content (AvgIpc) is 2.54. The Morgan fingerprint density at radius 3 is 2.40 bits per heavy atom. The van der Waals surface area contributed by atoms with Crippen molar-refractivity contribution in [2.75, 3.05) is 23.3 Å². The summed E-state index contributed by atoms with van der Waals surface area (Å²) in [6, 6.07) is 12.6. The van der Waals surface area contributed by atoms with Gasteiger partial charge in [-0.1, -0.05) is 49.7 Å². The highest BCUT2D eigenvalue weighted by Crippen LogP contribution is 2.27. The zero-order valence-corrected chi connectivity index (χ0v) is 16.3. The Bertz CT molecular complexity index is 750. The lowest BCUT2D eigenvalue weighted by molar-refractivity contribution is -0.115. The van der Waals surface area contributed by atoms with Gasteiger partial charge in [0, 0.05) is 17.9 Å². The van der Waals surface area contributed by atoms with E-state index < -0.39 is 0 Å². The van der Waals surface area contributed by atoms with Crippen LogP contribution < -0.4 is 10.2 Å². The molecule has 2 aromatic rings. The van der Waals surface area contributed by atoms with E-state index in [0.717, 1.165) is 23.5 Å². The minimum atomic E-state index is 0.0259. The van der Waals surface area contributed by atoms with Gasteiger partial charge in [-0.2, -0.15) is 0 Å². The number of rotatable bonds is 6. The number of hydrogen-bond acceptors (Lipinski definition) is 2. The lowest BCUT2D eigenvalue weighted by Gasteiger charge is -2.25. The fraction of sp³-hybridized carbons (Fsp3) is 0.409. The summed E-state index contributed by atoms with van der Waals surface area (Å²) in [6.07, 6.45) is 0. The third-order valence-corrected chi connectivity index (χ3v) is 4.60. The zero-order chi connectivity index (χ0) is 18.6. The number of carbonyl (C=O) groups is 1. The number of likely N-dealkylation sites (N-methyl/N-ethyl adjacent to an activating group) is 1. The van der Waals surface area contributed by atoms with Crippen molar-refractivity contribution in [2.45, 2.75) is 47.5 Å². The van der Waals surface area contributed by atoms with Crippen LogP contribution in [0.15, 0.2) is 36.4 Å². The van der Waals surface area contributed by atoms with Crippen LogP contribution in [0, 0.1) is 20.8 Å². The topological polar surface area (TPSA) is 32.3 Å². The fourth-order valence-corrected chi connectivity index (χ4v) is 3.22. The maximum absolute atomic E-state index is 12.7. The standard InChI is InChI=1S/C22H30N2O/c1-7-24(20-12-11-16(4)13-18(20)6)14-21(25)23-22-17(5)9-8-10-19(22)15(2)3/h8-13,15H,7,14H2,1-6H3,(H,23,25). The minimum Gasteiger partial charge on any atom is -0.362 e. The Kier molecular flexibility index (Phi) is 6.24.